The molecule has 4 heteroatoms. The molecule has 3 nitrogen and oxygen atoms in total. The summed E-state index contributed by atoms with van der Waals surface area (Å²) in [6.45, 7) is 2.65. The van der Waals surface area contributed by atoms with Crippen LogP contribution in [0.1, 0.15) is 18.1 Å². The van der Waals surface area contributed by atoms with Crippen LogP contribution in [-0.4, -0.2) is 10.8 Å². The van der Waals surface area contributed by atoms with E-state index in [9.17, 15) is 0 Å². The Balaban J connectivity index is 1.61. The maximum atomic E-state index is 5.27. The third-order valence-corrected chi connectivity index (χ3v) is 4.02. The molecule has 0 saturated heterocycles. The van der Waals surface area contributed by atoms with Crippen molar-refractivity contribution in [1.82, 2.24) is 10.7 Å². The van der Waals surface area contributed by atoms with E-state index in [1.165, 1.54) is 16.3 Å². The second-order valence-electron chi connectivity index (χ2n) is 5.54. The fraction of sp³-hybridized carbons (Fsp3) is 0.100. The number of nitrogens with zero attached hydrogens (tertiary/aromatic N) is 1. The molecule has 0 bridgehead atoms. The number of hydrogen-bond donors (Lipinski definition) is 2. The number of hydrazone groups is 1. The zero-order valence-corrected chi connectivity index (χ0v) is 14.3. The lowest BCUT2D eigenvalue weighted by molar-refractivity contribution is 0.866. The largest absolute Gasteiger partial charge is 0.357 e. The Kier molecular flexibility index (Phi) is 5.18. The highest BCUT2D eigenvalue weighted by Gasteiger charge is 2.01. The zero-order chi connectivity index (χ0) is 16.8. The number of rotatable bonds is 4. The van der Waals surface area contributed by atoms with E-state index in [1.807, 2.05) is 37.3 Å². The summed E-state index contributed by atoms with van der Waals surface area (Å²) in [5, 5.41) is 10.5. The van der Waals surface area contributed by atoms with Gasteiger partial charge in [0.25, 0.3) is 0 Å². The molecule has 0 heterocycles. The first kappa shape index (κ1) is 16.1. The molecule has 0 amide bonds. The Bertz CT molecular complexity index is 872. The summed E-state index contributed by atoms with van der Waals surface area (Å²) in [7, 11) is 0. The first-order valence-corrected chi connectivity index (χ1v) is 8.24. The Labute approximate surface area is 147 Å². The van der Waals surface area contributed by atoms with Crippen molar-refractivity contribution in [2.75, 3.05) is 0 Å². The molecule has 2 N–H and O–H groups in total. The van der Waals surface area contributed by atoms with Crippen molar-refractivity contribution in [3.63, 3.8) is 0 Å². The van der Waals surface area contributed by atoms with E-state index < -0.39 is 0 Å². The maximum Gasteiger partial charge on any atom is 0.187 e. The third-order valence-electron chi connectivity index (χ3n) is 3.79. The molecule has 0 saturated carbocycles. The van der Waals surface area contributed by atoms with Crippen molar-refractivity contribution in [3.05, 3.63) is 83.9 Å². The molecule has 24 heavy (non-hydrogen) atoms. The fourth-order valence-electron chi connectivity index (χ4n) is 2.43. The van der Waals surface area contributed by atoms with Crippen LogP contribution in [0.2, 0.25) is 0 Å². The van der Waals surface area contributed by atoms with Crippen molar-refractivity contribution >= 4 is 33.8 Å². The summed E-state index contributed by atoms with van der Waals surface area (Å²) < 4.78 is 0. The summed E-state index contributed by atoms with van der Waals surface area (Å²) in [6, 6.07) is 24.7. The number of benzene rings is 3. The van der Waals surface area contributed by atoms with E-state index in [2.05, 4.69) is 58.3 Å². The molecule has 0 aromatic heterocycles. The second-order valence-corrected chi connectivity index (χ2v) is 5.95. The van der Waals surface area contributed by atoms with Crippen LogP contribution in [-0.2, 0) is 6.54 Å². The second kappa shape index (κ2) is 7.70. The number of thiocarbonyl (C=S) groups is 1. The van der Waals surface area contributed by atoms with E-state index in [1.54, 1.807) is 0 Å². The quantitative estimate of drug-likeness (QED) is 0.426. The summed E-state index contributed by atoms with van der Waals surface area (Å²) >= 11 is 5.27. The van der Waals surface area contributed by atoms with Gasteiger partial charge in [0.15, 0.2) is 5.11 Å². The smallest absolute Gasteiger partial charge is 0.187 e. The highest BCUT2D eigenvalue weighted by Crippen LogP contribution is 2.16. The normalized spacial score (nSPS) is 11.3. The molecule has 0 fully saturated rings. The first-order chi connectivity index (χ1) is 11.7. The molecule has 120 valence electrons. The van der Waals surface area contributed by atoms with Gasteiger partial charge in [-0.15, -0.1) is 0 Å². The van der Waals surface area contributed by atoms with Crippen LogP contribution in [0.25, 0.3) is 10.8 Å². The van der Waals surface area contributed by atoms with Crippen LogP contribution in [0.4, 0.5) is 0 Å². The minimum atomic E-state index is 0.513. The van der Waals surface area contributed by atoms with Crippen LogP contribution >= 0.6 is 12.2 Å². The Morgan fingerprint density at radius 2 is 1.62 bits per heavy atom. The number of hydrogen-bond acceptors (Lipinski definition) is 2. The molecule has 3 aromatic carbocycles. The fourth-order valence-corrected chi connectivity index (χ4v) is 2.55. The van der Waals surface area contributed by atoms with Crippen LogP contribution in [0.15, 0.2) is 77.9 Å². The van der Waals surface area contributed by atoms with Crippen LogP contribution in [0.5, 0.6) is 0 Å². The molecule has 0 unspecified atom stereocenters. The molecule has 0 radical (unpaired) electrons. The summed E-state index contributed by atoms with van der Waals surface area (Å²) in [5.74, 6) is 0. The van der Waals surface area contributed by atoms with Crippen molar-refractivity contribution < 1.29 is 0 Å². The van der Waals surface area contributed by atoms with Gasteiger partial charge in [-0.05, 0) is 47.1 Å². The van der Waals surface area contributed by atoms with Gasteiger partial charge in [-0.3, -0.25) is 5.43 Å². The lowest BCUT2D eigenvalue weighted by Gasteiger charge is -2.08. The molecule has 0 spiro atoms. The van der Waals surface area contributed by atoms with Crippen molar-refractivity contribution in [2.45, 2.75) is 13.5 Å². The Morgan fingerprint density at radius 1 is 0.917 bits per heavy atom. The van der Waals surface area contributed by atoms with Gasteiger partial charge < -0.3 is 5.32 Å². The molecule has 3 aromatic rings. The number of fused-ring (bicyclic) bond motifs is 1. The minimum absolute atomic E-state index is 0.513. The van der Waals surface area contributed by atoms with Crippen molar-refractivity contribution in [1.29, 1.82) is 0 Å². The SMILES string of the molecule is C/C(=N\NC(=S)NCc1ccccc1)c1ccc2ccccc2c1. The zero-order valence-electron chi connectivity index (χ0n) is 13.5. The lowest BCUT2D eigenvalue weighted by Crippen LogP contribution is -2.32. The molecule has 0 aliphatic heterocycles. The Hall–Kier alpha value is -2.72. The average molecular weight is 333 g/mol. The highest BCUT2D eigenvalue weighted by molar-refractivity contribution is 7.80. The van der Waals surface area contributed by atoms with Gasteiger partial charge in [0.05, 0.1) is 5.71 Å². The van der Waals surface area contributed by atoms with Crippen molar-refractivity contribution in [3.8, 4) is 0 Å². The first-order valence-electron chi connectivity index (χ1n) is 7.83. The van der Waals surface area contributed by atoms with Crippen LogP contribution in [0.3, 0.4) is 0 Å². The highest BCUT2D eigenvalue weighted by atomic mass is 32.1. The Morgan fingerprint density at radius 3 is 2.42 bits per heavy atom. The standard InChI is InChI=1S/C20H19N3S/c1-15(18-12-11-17-9-5-6-10-19(17)13-18)22-23-20(24)21-14-16-7-3-2-4-8-16/h2-13H,14H2,1H3,(H2,21,23,24)/b22-15+. The summed E-state index contributed by atoms with van der Waals surface area (Å²) in [4.78, 5) is 0. The van der Waals surface area contributed by atoms with Crippen LogP contribution < -0.4 is 10.7 Å². The summed E-state index contributed by atoms with van der Waals surface area (Å²) in [6.07, 6.45) is 0. The molecule has 3 rings (SSSR count). The molecular weight excluding hydrogens is 314 g/mol. The van der Waals surface area contributed by atoms with E-state index in [0.29, 0.717) is 11.7 Å². The van der Waals surface area contributed by atoms with Gasteiger partial charge in [0.1, 0.15) is 0 Å². The topological polar surface area (TPSA) is 36.4 Å². The maximum absolute atomic E-state index is 5.27. The monoisotopic (exact) mass is 333 g/mol. The lowest BCUT2D eigenvalue weighted by atomic mass is 10.0. The van der Waals surface area contributed by atoms with E-state index in [-0.39, 0.29) is 0 Å². The molecule has 0 aliphatic rings. The molecule has 0 atom stereocenters. The van der Waals surface area contributed by atoms with Gasteiger partial charge >= 0.3 is 0 Å². The van der Waals surface area contributed by atoms with E-state index in [0.717, 1.165) is 11.3 Å². The average Bonchev–Trinajstić information content (AvgIpc) is 2.65. The predicted molar refractivity (Wildman–Crippen MR) is 105 cm³/mol. The number of nitrogens with one attached hydrogen (secondary N) is 2. The van der Waals surface area contributed by atoms with Crippen LogP contribution in [0, 0.1) is 0 Å². The van der Waals surface area contributed by atoms with Gasteiger partial charge in [-0.25, -0.2) is 0 Å². The summed E-state index contributed by atoms with van der Waals surface area (Å²) in [5.41, 5.74) is 6.05. The van der Waals surface area contributed by atoms with Gasteiger partial charge in [-0.2, -0.15) is 5.10 Å². The molecular formula is C20H19N3S. The van der Waals surface area contributed by atoms with Gasteiger partial charge in [-0.1, -0.05) is 66.7 Å². The van der Waals surface area contributed by atoms with Gasteiger partial charge in [0, 0.05) is 6.54 Å². The van der Waals surface area contributed by atoms with Crippen molar-refractivity contribution in [2.24, 2.45) is 5.10 Å². The predicted octanol–water partition coefficient (Wildman–Crippen LogP) is 4.23. The molecule has 0 aliphatic carbocycles. The van der Waals surface area contributed by atoms with E-state index >= 15 is 0 Å². The van der Waals surface area contributed by atoms with Gasteiger partial charge in [0.2, 0.25) is 0 Å². The minimum Gasteiger partial charge on any atom is -0.357 e. The third kappa shape index (κ3) is 4.18. The van der Waals surface area contributed by atoms with E-state index in [4.69, 9.17) is 12.2 Å².